The number of hydrogen-bond acceptors (Lipinski definition) is 3. The number of halogens is 1. The van der Waals surface area contributed by atoms with Gasteiger partial charge in [0.1, 0.15) is 0 Å². The minimum atomic E-state index is 0.150. The lowest BCUT2D eigenvalue weighted by Crippen LogP contribution is -2.45. The Balaban J connectivity index is 1.85. The predicted octanol–water partition coefficient (Wildman–Crippen LogP) is 3.54. The quantitative estimate of drug-likeness (QED) is 0.835. The molecule has 4 heteroatoms. The van der Waals surface area contributed by atoms with E-state index in [2.05, 4.69) is 47.2 Å². The van der Waals surface area contributed by atoms with Crippen LogP contribution in [0, 0.1) is 5.41 Å². The van der Waals surface area contributed by atoms with E-state index in [0.29, 0.717) is 6.61 Å². The number of thiophene rings is 1. The molecule has 0 spiro atoms. The SMILES string of the molecule is CC(C)(CNCC1(CO)CCC1)c1ccc(Br)s1. The Hall–Kier alpha value is 0.1000. The molecular formula is C14H22BrNOS. The summed E-state index contributed by atoms with van der Waals surface area (Å²) in [5, 5.41) is 13.0. The maximum absolute atomic E-state index is 9.44. The van der Waals surface area contributed by atoms with E-state index in [-0.39, 0.29) is 10.8 Å². The van der Waals surface area contributed by atoms with Gasteiger partial charge in [0.15, 0.2) is 0 Å². The highest BCUT2D eigenvalue weighted by Crippen LogP contribution is 2.40. The van der Waals surface area contributed by atoms with Crippen LogP contribution in [-0.4, -0.2) is 24.8 Å². The highest BCUT2D eigenvalue weighted by Gasteiger charge is 2.36. The van der Waals surface area contributed by atoms with E-state index in [0.717, 1.165) is 13.1 Å². The highest BCUT2D eigenvalue weighted by molar-refractivity contribution is 9.11. The summed E-state index contributed by atoms with van der Waals surface area (Å²) in [5.74, 6) is 0. The first-order valence-electron chi connectivity index (χ1n) is 6.55. The summed E-state index contributed by atoms with van der Waals surface area (Å²) in [7, 11) is 0. The fraction of sp³-hybridized carbons (Fsp3) is 0.714. The molecule has 1 fully saturated rings. The van der Waals surface area contributed by atoms with Crippen LogP contribution in [0.25, 0.3) is 0 Å². The lowest BCUT2D eigenvalue weighted by molar-refractivity contribution is 0.0438. The molecule has 1 saturated carbocycles. The molecule has 0 amide bonds. The van der Waals surface area contributed by atoms with E-state index in [1.54, 1.807) is 11.3 Å². The monoisotopic (exact) mass is 331 g/mol. The van der Waals surface area contributed by atoms with Crippen LogP contribution < -0.4 is 5.32 Å². The van der Waals surface area contributed by atoms with Crippen molar-refractivity contribution in [2.45, 2.75) is 38.5 Å². The molecule has 1 aliphatic rings. The minimum Gasteiger partial charge on any atom is -0.396 e. The van der Waals surface area contributed by atoms with Gasteiger partial charge in [-0.05, 0) is 40.9 Å². The Morgan fingerprint density at radius 1 is 1.44 bits per heavy atom. The van der Waals surface area contributed by atoms with E-state index >= 15 is 0 Å². The lowest BCUT2D eigenvalue weighted by Gasteiger charge is -2.41. The first-order valence-corrected chi connectivity index (χ1v) is 8.16. The average molecular weight is 332 g/mol. The van der Waals surface area contributed by atoms with Crippen LogP contribution in [0.4, 0.5) is 0 Å². The number of aliphatic hydroxyl groups excluding tert-OH is 1. The first kappa shape index (κ1) is 14.5. The van der Waals surface area contributed by atoms with E-state index in [1.165, 1.54) is 27.9 Å². The van der Waals surface area contributed by atoms with Crippen LogP contribution in [-0.2, 0) is 5.41 Å². The Morgan fingerprint density at radius 3 is 2.61 bits per heavy atom. The third kappa shape index (κ3) is 3.16. The number of hydrogen-bond donors (Lipinski definition) is 2. The molecule has 2 rings (SSSR count). The zero-order valence-electron chi connectivity index (χ0n) is 11.1. The molecule has 1 heterocycles. The van der Waals surface area contributed by atoms with E-state index < -0.39 is 0 Å². The maximum Gasteiger partial charge on any atom is 0.0701 e. The number of nitrogens with one attached hydrogen (secondary N) is 1. The molecule has 102 valence electrons. The van der Waals surface area contributed by atoms with Gasteiger partial charge >= 0.3 is 0 Å². The molecule has 0 aromatic carbocycles. The van der Waals surface area contributed by atoms with Gasteiger partial charge in [0, 0.05) is 35.4 Å². The van der Waals surface area contributed by atoms with Crippen LogP contribution in [0.15, 0.2) is 15.9 Å². The maximum atomic E-state index is 9.44. The average Bonchev–Trinajstić information content (AvgIpc) is 2.70. The topological polar surface area (TPSA) is 32.3 Å². The van der Waals surface area contributed by atoms with Crippen molar-refractivity contribution in [2.75, 3.05) is 19.7 Å². The fourth-order valence-electron chi connectivity index (χ4n) is 2.47. The van der Waals surface area contributed by atoms with E-state index in [1.807, 2.05) is 0 Å². The Labute approximate surface area is 122 Å². The van der Waals surface area contributed by atoms with Gasteiger partial charge in [-0.3, -0.25) is 0 Å². The summed E-state index contributed by atoms with van der Waals surface area (Å²) in [5.41, 5.74) is 0.323. The molecule has 1 aromatic heterocycles. The van der Waals surface area contributed by atoms with Gasteiger partial charge in [-0.1, -0.05) is 20.3 Å². The highest BCUT2D eigenvalue weighted by atomic mass is 79.9. The molecule has 0 radical (unpaired) electrons. The molecule has 0 saturated heterocycles. The molecule has 1 aromatic rings. The molecule has 0 bridgehead atoms. The first-order chi connectivity index (χ1) is 8.47. The molecule has 0 unspecified atom stereocenters. The molecule has 0 aliphatic heterocycles. The summed E-state index contributed by atoms with van der Waals surface area (Å²) in [6.07, 6.45) is 3.60. The molecule has 2 nitrogen and oxygen atoms in total. The van der Waals surface area contributed by atoms with Crippen LogP contribution in [0.2, 0.25) is 0 Å². The van der Waals surface area contributed by atoms with Crippen molar-refractivity contribution in [1.29, 1.82) is 0 Å². The minimum absolute atomic E-state index is 0.150. The molecule has 0 atom stereocenters. The molecule has 1 aliphatic carbocycles. The second-order valence-electron chi connectivity index (χ2n) is 6.10. The second-order valence-corrected chi connectivity index (χ2v) is 8.57. The van der Waals surface area contributed by atoms with Crippen molar-refractivity contribution in [1.82, 2.24) is 5.32 Å². The van der Waals surface area contributed by atoms with Gasteiger partial charge in [-0.15, -0.1) is 11.3 Å². The molecule has 2 N–H and O–H groups in total. The van der Waals surface area contributed by atoms with Crippen molar-refractivity contribution in [2.24, 2.45) is 5.41 Å². The molecule has 18 heavy (non-hydrogen) atoms. The van der Waals surface area contributed by atoms with Crippen molar-refractivity contribution in [3.05, 3.63) is 20.8 Å². The third-order valence-corrected chi connectivity index (χ3v) is 6.05. The Kier molecular flexibility index (Phi) is 4.52. The number of aliphatic hydroxyl groups is 1. The summed E-state index contributed by atoms with van der Waals surface area (Å²) in [4.78, 5) is 1.40. The van der Waals surface area contributed by atoms with Gasteiger partial charge in [-0.25, -0.2) is 0 Å². The van der Waals surface area contributed by atoms with E-state index in [9.17, 15) is 5.11 Å². The summed E-state index contributed by atoms with van der Waals surface area (Å²) >= 11 is 5.33. The van der Waals surface area contributed by atoms with Gasteiger partial charge in [0.2, 0.25) is 0 Å². The van der Waals surface area contributed by atoms with Gasteiger partial charge < -0.3 is 10.4 Å². The Morgan fingerprint density at radius 2 is 2.17 bits per heavy atom. The van der Waals surface area contributed by atoms with Crippen LogP contribution in [0.3, 0.4) is 0 Å². The smallest absolute Gasteiger partial charge is 0.0701 e. The van der Waals surface area contributed by atoms with Crippen LogP contribution >= 0.6 is 27.3 Å². The summed E-state index contributed by atoms with van der Waals surface area (Å²) in [6, 6.07) is 4.31. The van der Waals surface area contributed by atoms with Crippen molar-refractivity contribution < 1.29 is 5.11 Å². The van der Waals surface area contributed by atoms with Gasteiger partial charge in [0.05, 0.1) is 3.79 Å². The van der Waals surface area contributed by atoms with E-state index in [4.69, 9.17) is 0 Å². The normalized spacial score (nSPS) is 18.7. The van der Waals surface area contributed by atoms with Gasteiger partial charge in [-0.2, -0.15) is 0 Å². The van der Waals surface area contributed by atoms with Crippen LogP contribution in [0.5, 0.6) is 0 Å². The standard InChI is InChI=1S/C14H22BrNOS/c1-13(2,11-4-5-12(15)18-11)8-16-9-14(10-17)6-3-7-14/h4-5,16-17H,3,6-10H2,1-2H3. The van der Waals surface area contributed by atoms with Crippen LogP contribution in [0.1, 0.15) is 38.0 Å². The number of rotatable bonds is 6. The van der Waals surface area contributed by atoms with Gasteiger partial charge in [0.25, 0.3) is 0 Å². The zero-order valence-corrected chi connectivity index (χ0v) is 13.5. The molecular weight excluding hydrogens is 310 g/mol. The summed E-state index contributed by atoms with van der Waals surface area (Å²) < 4.78 is 1.19. The zero-order chi connectivity index (χ0) is 13.2. The summed E-state index contributed by atoms with van der Waals surface area (Å²) in [6.45, 7) is 6.77. The Bertz CT molecular complexity index is 393. The second kappa shape index (κ2) is 5.61. The van der Waals surface area contributed by atoms with Crippen molar-refractivity contribution in [3.63, 3.8) is 0 Å². The predicted molar refractivity (Wildman–Crippen MR) is 81.3 cm³/mol. The van der Waals surface area contributed by atoms with Crippen molar-refractivity contribution >= 4 is 27.3 Å². The fourth-order valence-corrected chi connectivity index (χ4v) is 3.96. The van der Waals surface area contributed by atoms with Crippen molar-refractivity contribution in [3.8, 4) is 0 Å². The largest absolute Gasteiger partial charge is 0.396 e. The lowest BCUT2D eigenvalue weighted by atomic mass is 9.69. The third-order valence-electron chi connectivity index (χ3n) is 4.06.